The Bertz CT molecular complexity index is 440. The summed E-state index contributed by atoms with van der Waals surface area (Å²) in [6, 6.07) is 0. The quantitative estimate of drug-likeness (QED) is 0.657. The summed E-state index contributed by atoms with van der Waals surface area (Å²) >= 11 is 1.86. The van der Waals surface area contributed by atoms with Crippen molar-refractivity contribution in [1.82, 2.24) is 9.55 Å². The van der Waals surface area contributed by atoms with Crippen LogP contribution in [0.1, 0.15) is 25.7 Å². The molecule has 100 valence electrons. The monoisotopic (exact) mass is 270 g/mol. The molecule has 1 aliphatic rings. The van der Waals surface area contributed by atoms with Gasteiger partial charge in [0.25, 0.3) is 0 Å². The first kappa shape index (κ1) is 13.2. The fourth-order valence-corrected chi connectivity index (χ4v) is 3.39. The number of nitrogens with one attached hydrogen (secondary N) is 1. The summed E-state index contributed by atoms with van der Waals surface area (Å²) in [7, 11) is 1.77. The minimum Gasteiger partial charge on any atom is -0.363 e. The number of hydrogen-bond acceptors (Lipinski definition) is 5. The number of nitrogens with zero attached hydrogens (tertiary/aromatic N) is 3. The van der Waals surface area contributed by atoms with Gasteiger partial charge in [-0.05, 0) is 29.0 Å². The van der Waals surface area contributed by atoms with Gasteiger partial charge in [0.1, 0.15) is 0 Å². The average molecular weight is 270 g/mol. The predicted octanol–water partition coefficient (Wildman–Crippen LogP) is 2.42. The Balaban J connectivity index is 2.10. The van der Waals surface area contributed by atoms with Gasteiger partial charge >= 0.3 is 5.82 Å². The zero-order valence-electron chi connectivity index (χ0n) is 10.7. The summed E-state index contributed by atoms with van der Waals surface area (Å²) in [6.07, 6.45) is 8.43. The molecule has 1 saturated carbocycles. The number of nitro groups is 1. The van der Waals surface area contributed by atoms with E-state index in [0.717, 1.165) is 6.54 Å². The van der Waals surface area contributed by atoms with Crippen LogP contribution >= 0.6 is 11.8 Å². The van der Waals surface area contributed by atoms with Crippen LogP contribution in [0.2, 0.25) is 0 Å². The highest BCUT2D eigenvalue weighted by molar-refractivity contribution is 8.00. The summed E-state index contributed by atoms with van der Waals surface area (Å²) in [5, 5.41) is 14.1. The Morgan fingerprint density at radius 1 is 1.61 bits per heavy atom. The van der Waals surface area contributed by atoms with E-state index in [1.807, 2.05) is 11.8 Å². The van der Waals surface area contributed by atoms with E-state index in [4.69, 9.17) is 0 Å². The van der Waals surface area contributed by atoms with Crippen molar-refractivity contribution in [2.75, 3.05) is 18.1 Å². The standard InChI is InChI=1S/C11H18N4O2S/c1-14-8-13-10(15(16)17)9(14)12-7-11(18-2)5-3-4-6-11/h8,12H,3-7H2,1-2H3. The van der Waals surface area contributed by atoms with E-state index in [9.17, 15) is 10.1 Å². The molecule has 1 N–H and O–H groups in total. The Morgan fingerprint density at radius 3 is 2.83 bits per heavy atom. The number of anilines is 1. The Kier molecular flexibility index (Phi) is 3.79. The molecule has 0 spiro atoms. The second kappa shape index (κ2) is 5.17. The van der Waals surface area contributed by atoms with Crippen molar-refractivity contribution in [3.8, 4) is 0 Å². The van der Waals surface area contributed by atoms with Gasteiger partial charge in [-0.25, -0.2) is 0 Å². The third-order valence-electron chi connectivity index (χ3n) is 3.62. The first-order valence-electron chi connectivity index (χ1n) is 6.03. The molecule has 0 unspecified atom stereocenters. The SMILES string of the molecule is CSC1(CNc2c([N+](=O)[O-])ncn2C)CCCC1. The number of aryl methyl sites for hydroxylation is 1. The van der Waals surface area contributed by atoms with Crippen molar-refractivity contribution in [2.24, 2.45) is 7.05 Å². The van der Waals surface area contributed by atoms with E-state index < -0.39 is 4.92 Å². The lowest BCUT2D eigenvalue weighted by Crippen LogP contribution is -2.30. The van der Waals surface area contributed by atoms with Gasteiger partial charge in [-0.1, -0.05) is 12.8 Å². The lowest BCUT2D eigenvalue weighted by atomic mass is 10.1. The second-order valence-corrected chi connectivity index (χ2v) is 6.01. The minimum atomic E-state index is -0.442. The number of rotatable bonds is 5. The smallest absolute Gasteiger partial charge is 0.363 e. The predicted molar refractivity (Wildman–Crippen MR) is 73.1 cm³/mol. The Morgan fingerprint density at radius 2 is 2.28 bits per heavy atom. The van der Waals surface area contributed by atoms with Crippen molar-refractivity contribution in [3.63, 3.8) is 0 Å². The van der Waals surface area contributed by atoms with E-state index in [1.54, 1.807) is 11.6 Å². The molecule has 0 aliphatic heterocycles. The van der Waals surface area contributed by atoms with Crippen molar-refractivity contribution in [1.29, 1.82) is 0 Å². The second-order valence-electron chi connectivity index (χ2n) is 4.73. The summed E-state index contributed by atoms with van der Waals surface area (Å²) in [5.74, 6) is 0.409. The highest BCUT2D eigenvalue weighted by atomic mass is 32.2. The molecular weight excluding hydrogens is 252 g/mol. The van der Waals surface area contributed by atoms with Crippen LogP contribution in [0.5, 0.6) is 0 Å². The molecule has 0 saturated heterocycles. The lowest BCUT2D eigenvalue weighted by molar-refractivity contribution is -0.388. The molecule has 0 radical (unpaired) electrons. The van der Waals surface area contributed by atoms with E-state index in [1.165, 1.54) is 32.0 Å². The van der Waals surface area contributed by atoms with E-state index >= 15 is 0 Å². The van der Waals surface area contributed by atoms with Crippen molar-refractivity contribution in [2.45, 2.75) is 30.4 Å². The van der Waals surface area contributed by atoms with Gasteiger partial charge < -0.3 is 15.4 Å². The average Bonchev–Trinajstić information content (AvgIpc) is 2.94. The molecule has 0 atom stereocenters. The molecule has 0 amide bonds. The zero-order chi connectivity index (χ0) is 13.2. The molecule has 0 aromatic carbocycles. The molecule has 7 heteroatoms. The van der Waals surface area contributed by atoms with Crippen LogP contribution < -0.4 is 5.32 Å². The Labute approximate surface area is 110 Å². The van der Waals surface area contributed by atoms with Crippen LogP contribution in [0.25, 0.3) is 0 Å². The first-order chi connectivity index (χ1) is 8.58. The fourth-order valence-electron chi connectivity index (χ4n) is 2.47. The first-order valence-corrected chi connectivity index (χ1v) is 7.25. The summed E-state index contributed by atoms with van der Waals surface area (Å²) in [6.45, 7) is 0.758. The van der Waals surface area contributed by atoms with Gasteiger partial charge in [0, 0.05) is 18.3 Å². The van der Waals surface area contributed by atoms with Gasteiger partial charge in [-0.3, -0.25) is 4.57 Å². The Hall–Kier alpha value is -1.24. The zero-order valence-corrected chi connectivity index (χ0v) is 11.5. The molecule has 18 heavy (non-hydrogen) atoms. The van der Waals surface area contributed by atoms with E-state index in [0.29, 0.717) is 5.82 Å². The van der Waals surface area contributed by atoms with Crippen LogP contribution in [0.3, 0.4) is 0 Å². The number of imidazole rings is 1. The molecule has 1 aromatic heterocycles. The lowest BCUT2D eigenvalue weighted by Gasteiger charge is -2.27. The molecule has 1 aliphatic carbocycles. The van der Waals surface area contributed by atoms with Crippen LogP contribution in [0.15, 0.2) is 6.33 Å². The maximum absolute atomic E-state index is 10.9. The maximum Gasteiger partial charge on any atom is 0.406 e. The third-order valence-corrected chi connectivity index (χ3v) is 5.04. The molecule has 1 aromatic rings. The van der Waals surface area contributed by atoms with Crippen LogP contribution in [-0.2, 0) is 7.05 Å². The van der Waals surface area contributed by atoms with Crippen LogP contribution in [0.4, 0.5) is 11.6 Å². The van der Waals surface area contributed by atoms with Crippen molar-refractivity contribution < 1.29 is 4.92 Å². The maximum atomic E-state index is 10.9. The van der Waals surface area contributed by atoms with Crippen LogP contribution in [-0.4, -0.2) is 32.0 Å². The third kappa shape index (κ3) is 2.45. The summed E-state index contributed by atoms with van der Waals surface area (Å²) in [4.78, 5) is 14.2. The fraction of sp³-hybridized carbons (Fsp3) is 0.727. The summed E-state index contributed by atoms with van der Waals surface area (Å²) < 4.78 is 1.89. The van der Waals surface area contributed by atoms with Crippen molar-refractivity contribution >= 4 is 23.4 Å². The highest BCUT2D eigenvalue weighted by Crippen LogP contribution is 2.40. The minimum absolute atomic E-state index is 0.0910. The van der Waals surface area contributed by atoms with E-state index in [2.05, 4.69) is 16.6 Å². The van der Waals surface area contributed by atoms with E-state index in [-0.39, 0.29) is 10.6 Å². The van der Waals surface area contributed by atoms with Gasteiger partial charge in [-0.2, -0.15) is 11.8 Å². The molecule has 2 rings (SSSR count). The van der Waals surface area contributed by atoms with Crippen LogP contribution in [0, 0.1) is 10.1 Å². The topological polar surface area (TPSA) is 73.0 Å². The van der Waals surface area contributed by atoms with Gasteiger partial charge in [0.2, 0.25) is 12.1 Å². The number of thioether (sulfide) groups is 1. The molecule has 1 heterocycles. The molecular formula is C11H18N4O2S. The van der Waals surface area contributed by atoms with Gasteiger partial charge in [0.05, 0.1) is 0 Å². The molecule has 6 nitrogen and oxygen atoms in total. The largest absolute Gasteiger partial charge is 0.406 e. The number of hydrogen-bond donors (Lipinski definition) is 1. The summed E-state index contributed by atoms with van der Waals surface area (Å²) in [5.41, 5.74) is 0. The normalized spacial score (nSPS) is 17.9. The molecule has 0 bridgehead atoms. The van der Waals surface area contributed by atoms with Gasteiger partial charge in [0.15, 0.2) is 0 Å². The van der Waals surface area contributed by atoms with Gasteiger partial charge in [-0.15, -0.1) is 0 Å². The molecule has 1 fully saturated rings. The van der Waals surface area contributed by atoms with Crippen molar-refractivity contribution in [3.05, 3.63) is 16.4 Å². The number of aromatic nitrogens is 2. The highest BCUT2D eigenvalue weighted by Gasteiger charge is 2.34.